The van der Waals surface area contributed by atoms with Gasteiger partial charge in [0.15, 0.2) is 11.3 Å². The molecule has 204 valence electrons. The van der Waals surface area contributed by atoms with Crippen LogP contribution < -0.4 is 16.8 Å². The van der Waals surface area contributed by atoms with Crippen molar-refractivity contribution >= 4 is 24.4 Å². The van der Waals surface area contributed by atoms with E-state index in [-0.39, 0.29) is 43.2 Å². The highest BCUT2D eigenvalue weighted by Gasteiger charge is 2.70. The molecule has 0 aliphatic carbocycles. The van der Waals surface area contributed by atoms with Crippen molar-refractivity contribution in [3.8, 4) is 0 Å². The fraction of sp³-hybridized carbons (Fsp3) is 0.500. The number of Topliss-reactive ketones (excluding diaryl/α,β-unsaturated/α-hetero) is 1. The van der Waals surface area contributed by atoms with Gasteiger partial charge in [-0.3, -0.25) is 9.36 Å². The van der Waals surface area contributed by atoms with E-state index in [1.54, 1.807) is 63.2 Å². The molecule has 2 aromatic rings. The van der Waals surface area contributed by atoms with Crippen molar-refractivity contribution in [2.75, 3.05) is 6.61 Å². The fourth-order valence-corrected chi connectivity index (χ4v) is 7.33. The van der Waals surface area contributed by atoms with Crippen LogP contribution >= 0.6 is 7.37 Å². The first-order valence-electron chi connectivity index (χ1n) is 12.7. The zero-order chi connectivity index (χ0) is 27.9. The summed E-state index contributed by atoms with van der Waals surface area (Å²) in [6.07, 6.45) is -0.0277. The third-order valence-electron chi connectivity index (χ3n) is 6.17. The molecule has 0 amide bonds. The van der Waals surface area contributed by atoms with Crippen LogP contribution in [0.4, 0.5) is 0 Å². The van der Waals surface area contributed by atoms with Gasteiger partial charge in [-0.25, -0.2) is 4.79 Å². The Morgan fingerprint density at radius 3 is 2.00 bits per heavy atom. The van der Waals surface area contributed by atoms with E-state index in [9.17, 15) is 19.3 Å². The van der Waals surface area contributed by atoms with E-state index in [1.807, 2.05) is 19.9 Å². The second kappa shape index (κ2) is 12.9. The van der Waals surface area contributed by atoms with Crippen LogP contribution in [-0.2, 0) is 30.0 Å². The molecule has 4 atom stereocenters. The SMILES string of the molecule is CCO[P@](=O)(c1ccccc1)[C@](O)(C(=O)[C@@H](N)CC(C)C)[C@](N)(CC(C)C)C(=O)OCc1ccccc1. The molecule has 0 saturated carbocycles. The van der Waals surface area contributed by atoms with Crippen LogP contribution in [0.1, 0.15) is 53.0 Å². The highest BCUT2D eigenvalue weighted by atomic mass is 31.2. The van der Waals surface area contributed by atoms with Crippen molar-refractivity contribution in [3.63, 3.8) is 0 Å². The number of carbonyl (C=O) groups excluding carboxylic acids is 2. The summed E-state index contributed by atoms with van der Waals surface area (Å²) in [5.41, 5.74) is 11.3. The van der Waals surface area contributed by atoms with Crippen LogP contribution in [0.5, 0.6) is 0 Å². The van der Waals surface area contributed by atoms with Crippen LogP contribution in [0.15, 0.2) is 60.7 Å². The molecule has 2 rings (SSSR count). The molecule has 0 spiro atoms. The molecule has 37 heavy (non-hydrogen) atoms. The maximum Gasteiger partial charge on any atom is 0.330 e. The second-order valence-electron chi connectivity index (χ2n) is 10.2. The lowest BCUT2D eigenvalue weighted by molar-refractivity contribution is -0.165. The normalized spacial score (nSPS) is 17.5. The third-order valence-corrected chi connectivity index (χ3v) is 9.24. The number of hydrogen-bond donors (Lipinski definition) is 3. The van der Waals surface area contributed by atoms with E-state index in [1.165, 1.54) is 12.1 Å². The second-order valence-corrected chi connectivity index (χ2v) is 12.7. The highest BCUT2D eigenvalue weighted by molar-refractivity contribution is 7.69. The van der Waals surface area contributed by atoms with Crippen LogP contribution in [0, 0.1) is 11.8 Å². The van der Waals surface area contributed by atoms with Gasteiger partial charge in [-0.1, -0.05) is 76.2 Å². The lowest BCUT2D eigenvalue weighted by atomic mass is 9.79. The molecule has 0 fully saturated rings. The average molecular weight is 533 g/mol. The maximum atomic E-state index is 14.8. The van der Waals surface area contributed by atoms with Gasteiger partial charge in [0.2, 0.25) is 5.34 Å². The minimum Gasteiger partial charge on any atom is -0.459 e. The Kier molecular flexibility index (Phi) is 10.8. The van der Waals surface area contributed by atoms with Gasteiger partial charge in [0.05, 0.1) is 12.6 Å². The third kappa shape index (κ3) is 6.57. The molecule has 0 heterocycles. The van der Waals surface area contributed by atoms with E-state index in [0.717, 1.165) is 0 Å². The van der Waals surface area contributed by atoms with Crippen molar-refractivity contribution in [1.29, 1.82) is 0 Å². The standard InChI is InChI=1S/C28H41N2O6P/c1-6-36-37(34,23-15-11-8-12-16-23)28(33,25(31)24(29)17-20(2)3)27(30,18-21(4)5)26(32)35-19-22-13-9-7-10-14-22/h7-16,20-21,24,33H,6,17-19,29-30H2,1-5H3/t24-,27-,28+,37+/m0/s1. The van der Waals surface area contributed by atoms with Crippen molar-refractivity contribution in [3.05, 3.63) is 66.2 Å². The Morgan fingerprint density at radius 2 is 1.51 bits per heavy atom. The number of aliphatic hydroxyl groups is 1. The number of carbonyl (C=O) groups is 2. The Bertz CT molecular complexity index is 1080. The van der Waals surface area contributed by atoms with Crippen LogP contribution in [0.25, 0.3) is 0 Å². The molecule has 0 unspecified atom stereocenters. The summed E-state index contributed by atoms with van der Waals surface area (Å²) in [6, 6.07) is 15.5. The molecule has 0 saturated heterocycles. The molecular weight excluding hydrogens is 491 g/mol. The van der Waals surface area contributed by atoms with E-state index in [2.05, 4.69) is 0 Å². The van der Waals surface area contributed by atoms with Crippen LogP contribution in [0.3, 0.4) is 0 Å². The van der Waals surface area contributed by atoms with Crippen molar-refractivity contribution < 1.29 is 28.5 Å². The smallest absolute Gasteiger partial charge is 0.330 e. The number of esters is 1. The molecule has 0 aromatic heterocycles. The van der Waals surface area contributed by atoms with Gasteiger partial charge >= 0.3 is 5.97 Å². The number of ether oxygens (including phenoxy) is 1. The van der Waals surface area contributed by atoms with Gasteiger partial charge in [-0.2, -0.15) is 0 Å². The molecule has 2 aromatic carbocycles. The average Bonchev–Trinajstić information content (AvgIpc) is 2.86. The quantitative estimate of drug-likeness (QED) is 0.247. The first-order chi connectivity index (χ1) is 17.3. The number of benzene rings is 2. The molecule has 0 aliphatic rings. The minimum atomic E-state index is -4.57. The number of hydrogen-bond acceptors (Lipinski definition) is 8. The Hall–Kier alpha value is -2.35. The number of nitrogens with two attached hydrogens (primary N) is 2. The predicted octanol–water partition coefficient (Wildman–Crippen LogP) is 3.74. The van der Waals surface area contributed by atoms with Gasteiger partial charge in [-0.05, 0) is 49.3 Å². The number of rotatable bonds is 14. The van der Waals surface area contributed by atoms with Gasteiger partial charge in [-0.15, -0.1) is 0 Å². The predicted molar refractivity (Wildman–Crippen MR) is 145 cm³/mol. The van der Waals surface area contributed by atoms with Gasteiger partial charge in [0, 0.05) is 5.30 Å². The highest BCUT2D eigenvalue weighted by Crippen LogP contribution is 2.62. The summed E-state index contributed by atoms with van der Waals surface area (Å²) in [7, 11) is -4.57. The topological polar surface area (TPSA) is 142 Å². The molecule has 0 radical (unpaired) electrons. The zero-order valence-electron chi connectivity index (χ0n) is 22.4. The van der Waals surface area contributed by atoms with Gasteiger partial charge in [0.25, 0.3) is 7.37 Å². The van der Waals surface area contributed by atoms with Gasteiger partial charge in [0.1, 0.15) is 6.61 Å². The molecule has 0 aliphatic heterocycles. The minimum absolute atomic E-state index is 0.0197. The Labute approximate surface area is 220 Å². The first kappa shape index (κ1) is 30.9. The fourth-order valence-electron chi connectivity index (χ4n) is 4.53. The Balaban J connectivity index is 2.78. The number of ketones is 1. The van der Waals surface area contributed by atoms with E-state index < -0.39 is 36.0 Å². The molecule has 5 N–H and O–H groups in total. The van der Waals surface area contributed by atoms with Crippen molar-refractivity contribution in [2.24, 2.45) is 23.3 Å². The monoisotopic (exact) mass is 532 g/mol. The summed E-state index contributed by atoms with van der Waals surface area (Å²) in [5.74, 6) is -2.38. The lowest BCUT2D eigenvalue weighted by Gasteiger charge is -2.46. The summed E-state index contributed by atoms with van der Waals surface area (Å²) >= 11 is 0. The summed E-state index contributed by atoms with van der Waals surface area (Å²) in [5, 5.41) is 9.52. The van der Waals surface area contributed by atoms with E-state index in [4.69, 9.17) is 20.7 Å². The maximum absolute atomic E-state index is 14.8. The summed E-state index contributed by atoms with van der Waals surface area (Å²) < 4.78 is 26.1. The van der Waals surface area contributed by atoms with E-state index >= 15 is 0 Å². The van der Waals surface area contributed by atoms with E-state index in [0.29, 0.717) is 5.56 Å². The molecule has 9 heteroatoms. The largest absolute Gasteiger partial charge is 0.459 e. The zero-order valence-corrected chi connectivity index (χ0v) is 23.3. The first-order valence-corrected chi connectivity index (χ1v) is 14.3. The van der Waals surface area contributed by atoms with Crippen molar-refractivity contribution in [2.45, 2.75) is 71.0 Å². The van der Waals surface area contributed by atoms with Crippen LogP contribution in [-0.4, -0.2) is 40.4 Å². The Morgan fingerprint density at radius 1 is 0.973 bits per heavy atom. The van der Waals surface area contributed by atoms with Gasteiger partial charge < -0.3 is 25.8 Å². The molecule has 8 nitrogen and oxygen atoms in total. The van der Waals surface area contributed by atoms with Crippen LogP contribution in [0.2, 0.25) is 0 Å². The molecule has 0 bridgehead atoms. The molecular formula is C28H41N2O6P. The summed E-state index contributed by atoms with van der Waals surface area (Å²) in [6.45, 7) is 8.61. The van der Waals surface area contributed by atoms with Crippen molar-refractivity contribution in [1.82, 2.24) is 0 Å². The summed E-state index contributed by atoms with van der Waals surface area (Å²) in [4.78, 5) is 27.9. The lowest BCUT2D eigenvalue weighted by Crippen LogP contribution is -2.72.